The first-order valence-electron chi connectivity index (χ1n) is 6.69. The molecule has 0 radical (unpaired) electrons. The van der Waals surface area contributed by atoms with Gasteiger partial charge in [0.1, 0.15) is 5.82 Å². The number of nitro benzene ring substituents is 1. The second-order valence-corrected chi connectivity index (χ2v) is 5.30. The quantitative estimate of drug-likeness (QED) is 0.616. The van der Waals surface area contributed by atoms with E-state index in [0.717, 1.165) is 38.4 Å². The molecule has 19 heavy (non-hydrogen) atoms. The average Bonchev–Trinajstić information content (AvgIpc) is 2.83. The molecule has 0 aliphatic carbocycles. The second-order valence-electron chi connectivity index (χ2n) is 5.30. The molecule has 0 spiro atoms. The number of benzene rings is 1. The highest BCUT2D eigenvalue weighted by atomic mass is 19.1. The maximum atomic E-state index is 13.5. The SMILES string of the molecule is CCC1(CC)CCN(c2cc(F)cc([N+](=O)[O-])c2)C1. The largest absolute Gasteiger partial charge is 0.371 e. The van der Waals surface area contributed by atoms with Crippen molar-refractivity contribution in [3.8, 4) is 0 Å². The van der Waals surface area contributed by atoms with Gasteiger partial charge in [0.2, 0.25) is 0 Å². The molecule has 0 N–H and O–H groups in total. The highest BCUT2D eigenvalue weighted by Gasteiger charge is 2.35. The maximum absolute atomic E-state index is 13.5. The molecule has 1 heterocycles. The number of nitrogens with zero attached hydrogens (tertiary/aromatic N) is 2. The zero-order valence-electron chi connectivity index (χ0n) is 11.4. The first-order chi connectivity index (χ1) is 8.99. The Bertz CT molecular complexity index is 486. The number of halogens is 1. The van der Waals surface area contributed by atoms with Crippen molar-refractivity contribution in [1.29, 1.82) is 0 Å². The Balaban J connectivity index is 2.26. The lowest BCUT2D eigenvalue weighted by molar-refractivity contribution is -0.385. The normalized spacial score (nSPS) is 17.7. The van der Waals surface area contributed by atoms with E-state index in [2.05, 4.69) is 18.7 Å². The first kappa shape index (κ1) is 13.8. The number of nitro groups is 1. The molecular formula is C14H19FN2O2. The van der Waals surface area contributed by atoms with Crippen LogP contribution in [0.4, 0.5) is 15.8 Å². The van der Waals surface area contributed by atoms with E-state index in [1.807, 2.05) is 0 Å². The molecular weight excluding hydrogens is 247 g/mol. The summed E-state index contributed by atoms with van der Waals surface area (Å²) in [4.78, 5) is 12.3. The molecule has 0 unspecified atom stereocenters. The van der Waals surface area contributed by atoms with Crippen LogP contribution in [0.25, 0.3) is 0 Å². The van der Waals surface area contributed by atoms with Crippen molar-refractivity contribution in [1.82, 2.24) is 0 Å². The van der Waals surface area contributed by atoms with Crippen molar-refractivity contribution in [2.75, 3.05) is 18.0 Å². The molecule has 2 rings (SSSR count). The van der Waals surface area contributed by atoms with E-state index in [4.69, 9.17) is 0 Å². The Morgan fingerprint density at radius 1 is 1.37 bits per heavy atom. The minimum atomic E-state index is -0.547. The van der Waals surface area contributed by atoms with Crippen LogP contribution in [0.3, 0.4) is 0 Å². The smallest absolute Gasteiger partial charge is 0.274 e. The number of non-ortho nitro benzene ring substituents is 1. The van der Waals surface area contributed by atoms with Crippen LogP contribution in [0.2, 0.25) is 0 Å². The standard InChI is InChI=1S/C14H19FN2O2/c1-3-14(4-2)5-6-16(10-14)12-7-11(15)8-13(9-12)17(18)19/h7-9H,3-6,10H2,1-2H3. The summed E-state index contributed by atoms with van der Waals surface area (Å²) < 4.78 is 13.5. The maximum Gasteiger partial charge on any atom is 0.274 e. The lowest BCUT2D eigenvalue weighted by Gasteiger charge is -2.27. The zero-order chi connectivity index (χ0) is 14.0. The molecule has 0 saturated carbocycles. The van der Waals surface area contributed by atoms with Crippen molar-refractivity contribution in [3.05, 3.63) is 34.1 Å². The first-order valence-corrected chi connectivity index (χ1v) is 6.69. The minimum Gasteiger partial charge on any atom is -0.371 e. The fourth-order valence-corrected chi connectivity index (χ4v) is 2.83. The third-order valence-corrected chi connectivity index (χ3v) is 4.38. The van der Waals surface area contributed by atoms with Crippen molar-refractivity contribution < 1.29 is 9.31 Å². The van der Waals surface area contributed by atoms with E-state index in [0.29, 0.717) is 5.69 Å². The summed E-state index contributed by atoms with van der Waals surface area (Å²) in [6.45, 7) is 6.02. The number of rotatable bonds is 4. The minimum absolute atomic E-state index is 0.180. The van der Waals surface area contributed by atoms with Crippen LogP contribution in [0.1, 0.15) is 33.1 Å². The van der Waals surface area contributed by atoms with Gasteiger partial charge in [0, 0.05) is 24.8 Å². The Morgan fingerprint density at radius 3 is 2.58 bits per heavy atom. The lowest BCUT2D eigenvalue weighted by atomic mass is 9.82. The van der Waals surface area contributed by atoms with E-state index in [9.17, 15) is 14.5 Å². The fraction of sp³-hybridized carbons (Fsp3) is 0.571. The van der Waals surface area contributed by atoms with Crippen LogP contribution in [0, 0.1) is 21.3 Å². The second kappa shape index (κ2) is 5.15. The molecule has 1 aromatic carbocycles. The topological polar surface area (TPSA) is 46.4 Å². The van der Waals surface area contributed by atoms with Crippen LogP contribution >= 0.6 is 0 Å². The molecule has 1 saturated heterocycles. The number of anilines is 1. The van der Waals surface area contributed by atoms with Gasteiger partial charge in [-0.2, -0.15) is 0 Å². The summed E-state index contributed by atoms with van der Waals surface area (Å²) in [6, 6.07) is 3.81. The van der Waals surface area contributed by atoms with Crippen molar-refractivity contribution in [3.63, 3.8) is 0 Å². The van der Waals surface area contributed by atoms with Crippen LogP contribution in [-0.4, -0.2) is 18.0 Å². The molecule has 0 amide bonds. The number of hydrogen-bond donors (Lipinski definition) is 0. The third-order valence-electron chi connectivity index (χ3n) is 4.38. The zero-order valence-corrected chi connectivity index (χ0v) is 11.4. The van der Waals surface area contributed by atoms with E-state index < -0.39 is 10.7 Å². The van der Waals surface area contributed by atoms with Crippen LogP contribution in [-0.2, 0) is 0 Å². The highest BCUT2D eigenvalue weighted by molar-refractivity contribution is 5.54. The Labute approximate surface area is 112 Å². The molecule has 1 aliphatic rings. The molecule has 0 bridgehead atoms. The van der Waals surface area contributed by atoms with E-state index in [1.165, 1.54) is 12.1 Å². The summed E-state index contributed by atoms with van der Waals surface area (Å²) in [5.41, 5.74) is 0.706. The van der Waals surface area contributed by atoms with Gasteiger partial charge in [-0.15, -0.1) is 0 Å². The van der Waals surface area contributed by atoms with Gasteiger partial charge in [0.25, 0.3) is 5.69 Å². The Morgan fingerprint density at radius 2 is 2.05 bits per heavy atom. The van der Waals surface area contributed by atoms with E-state index >= 15 is 0 Å². The lowest BCUT2D eigenvalue weighted by Crippen LogP contribution is -2.26. The summed E-state index contributed by atoms with van der Waals surface area (Å²) in [6.07, 6.45) is 3.22. The van der Waals surface area contributed by atoms with Crippen LogP contribution < -0.4 is 4.90 Å². The molecule has 1 fully saturated rings. The van der Waals surface area contributed by atoms with Gasteiger partial charge >= 0.3 is 0 Å². The third kappa shape index (κ3) is 2.69. The van der Waals surface area contributed by atoms with E-state index in [1.54, 1.807) is 0 Å². The van der Waals surface area contributed by atoms with Gasteiger partial charge in [-0.25, -0.2) is 4.39 Å². The van der Waals surface area contributed by atoms with Crippen LogP contribution in [0.5, 0.6) is 0 Å². The van der Waals surface area contributed by atoms with Gasteiger partial charge in [-0.05, 0) is 30.7 Å². The van der Waals surface area contributed by atoms with Crippen molar-refractivity contribution in [2.24, 2.45) is 5.41 Å². The molecule has 0 atom stereocenters. The predicted molar refractivity (Wildman–Crippen MR) is 72.9 cm³/mol. The van der Waals surface area contributed by atoms with Gasteiger partial charge in [-0.3, -0.25) is 10.1 Å². The summed E-state index contributed by atoms with van der Waals surface area (Å²) >= 11 is 0. The molecule has 104 valence electrons. The summed E-state index contributed by atoms with van der Waals surface area (Å²) in [7, 11) is 0. The van der Waals surface area contributed by atoms with Gasteiger partial charge in [0.15, 0.2) is 0 Å². The molecule has 1 aliphatic heterocycles. The average molecular weight is 266 g/mol. The fourth-order valence-electron chi connectivity index (χ4n) is 2.83. The molecule has 5 heteroatoms. The van der Waals surface area contributed by atoms with Gasteiger partial charge in [0.05, 0.1) is 11.0 Å². The van der Waals surface area contributed by atoms with Crippen molar-refractivity contribution >= 4 is 11.4 Å². The monoisotopic (exact) mass is 266 g/mol. The van der Waals surface area contributed by atoms with Crippen LogP contribution in [0.15, 0.2) is 18.2 Å². The Hall–Kier alpha value is -1.65. The van der Waals surface area contributed by atoms with Crippen molar-refractivity contribution in [2.45, 2.75) is 33.1 Å². The highest BCUT2D eigenvalue weighted by Crippen LogP contribution is 2.39. The summed E-state index contributed by atoms with van der Waals surface area (Å²) in [5, 5.41) is 10.8. The van der Waals surface area contributed by atoms with E-state index in [-0.39, 0.29) is 11.1 Å². The molecule has 1 aromatic rings. The van der Waals surface area contributed by atoms with Gasteiger partial charge < -0.3 is 4.90 Å². The predicted octanol–water partition coefficient (Wildman–Crippen LogP) is 3.75. The molecule has 0 aromatic heterocycles. The number of hydrogen-bond acceptors (Lipinski definition) is 3. The molecule has 4 nitrogen and oxygen atoms in total. The van der Waals surface area contributed by atoms with Gasteiger partial charge in [-0.1, -0.05) is 13.8 Å². The summed E-state index contributed by atoms with van der Waals surface area (Å²) in [5.74, 6) is -0.547. The Kier molecular flexibility index (Phi) is 3.73.